The Morgan fingerprint density at radius 3 is 2.36 bits per heavy atom. The first-order chi connectivity index (χ1) is 20.1. The number of fused-ring (bicyclic) bond motifs is 1. The van der Waals surface area contributed by atoms with Gasteiger partial charge < -0.3 is 19.9 Å². The maximum atomic E-state index is 12.9. The lowest BCUT2D eigenvalue weighted by Gasteiger charge is -2.20. The zero-order chi connectivity index (χ0) is 30.4. The lowest BCUT2D eigenvalue weighted by atomic mass is 9.98. The molecule has 0 aliphatic heterocycles. The lowest BCUT2D eigenvalue weighted by molar-refractivity contribution is 0.00704. The Morgan fingerprint density at radius 2 is 1.74 bits per heavy atom. The average molecular weight is 561 g/mol. The van der Waals surface area contributed by atoms with Gasteiger partial charge in [-0.05, 0) is 74.6 Å². The van der Waals surface area contributed by atoms with Crippen LogP contribution < -0.4 is 10.6 Å². The molecule has 0 fully saturated rings. The van der Waals surface area contributed by atoms with Gasteiger partial charge >= 0.3 is 5.97 Å². The highest BCUT2D eigenvalue weighted by Gasteiger charge is 2.21. The second kappa shape index (κ2) is 12.6. The summed E-state index contributed by atoms with van der Waals surface area (Å²) in [6.07, 6.45) is 1.78. The van der Waals surface area contributed by atoms with E-state index >= 15 is 0 Å². The van der Waals surface area contributed by atoms with Gasteiger partial charge in [0.15, 0.2) is 5.57 Å². The van der Waals surface area contributed by atoms with Crippen molar-refractivity contribution in [2.24, 2.45) is 0 Å². The van der Waals surface area contributed by atoms with E-state index in [1.807, 2.05) is 82.3 Å². The van der Waals surface area contributed by atoms with Gasteiger partial charge in [0, 0.05) is 25.7 Å². The van der Waals surface area contributed by atoms with Crippen molar-refractivity contribution in [2.45, 2.75) is 59.6 Å². The molecule has 4 aromatic rings. The topological polar surface area (TPSA) is 116 Å². The Balaban J connectivity index is 1.70. The molecule has 0 aliphatic carbocycles. The molecule has 214 valence electrons. The van der Waals surface area contributed by atoms with Gasteiger partial charge in [0.25, 0.3) is 0 Å². The van der Waals surface area contributed by atoms with Gasteiger partial charge in [-0.25, -0.2) is 9.78 Å². The van der Waals surface area contributed by atoms with Crippen molar-refractivity contribution in [3.05, 3.63) is 94.6 Å². The molecule has 2 N–H and O–H groups in total. The van der Waals surface area contributed by atoms with E-state index in [1.165, 1.54) is 0 Å². The summed E-state index contributed by atoms with van der Waals surface area (Å²) in [6, 6.07) is 23.5. The summed E-state index contributed by atoms with van der Waals surface area (Å²) in [4.78, 5) is 17.9. The molecule has 4 rings (SSSR count). The number of hydrogen-bond donors (Lipinski definition) is 2. The smallest absolute Gasteiger partial charge is 0.339 e. The fourth-order valence-electron chi connectivity index (χ4n) is 4.85. The number of nitriles is 2. The monoisotopic (exact) mass is 560 g/mol. The number of carbonyl (C=O) groups is 1. The number of imidazole rings is 1. The Hall–Kier alpha value is -5.08. The van der Waals surface area contributed by atoms with E-state index in [4.69, 9.17) is 9.72 Å². The molecule has 0 spiro atoms. The molecule has 8 heteroatoms. The predicted octanol–water partition coefficient (Wildman–Crippen LogP) is 6.86. The highest BCUT2D eigenvalue weighted by atomic mass is 16.6. The number of nitrogens with zero attached hydrogens (tertiary/aromatic N) is 4. The summed E-state index contributed by atoms with van der Waals surface area (Å²) < 4.78 is 7.86. The maximum absolute atomic E-state index is 12.9. The van der Waals surface area contributed by atoms with Gasteiger partial charge in [-0.3, -0.25) is 0 Å². The maximum Gasteiger partial charge on any atom is 0.339 e. The van der Waals surface area contributed by atoms with E-state index in [1.54, 1.807) is 13.1 Å². The molecular weight excluding hydrogens is 524 g/mol. The van der Waals surface area contributed by atoms with E-state index in [-0.39, 0.29) is 11.5 Å². The molecule has 0 atom stereocenters. The Labute approximate surface area is 247 Å². The van der Waals surface area contributed by atoms with Crippen molar-refractivity contribution in [2.75, 3.05) is 12.4 Å². The van der Waals surface area contributed by atoms with Crippen LogP contribution >= 0.6 is 0 Å². The van der Waals surface area contributed by atoms with Gasteiger partial charge in [-0.2, -0.15) is 10.5 Å². The molecule has 8 nitrogen and oxygen atoms in total. The summed E-state index contributed by atoms with van der Waals surface area (Å²) >= 11 is 0. The number of anilines is 1. The number of benzene rings is 3. The Kier molecular flexibility index (Phi) is 8.98. The minimum atomic E-state index is -0.579. The fourth-order valence-corrected chi connectivity index (χ4v) is 4.85. The summed E-state index contributed by atoms with van der Waals surface area (Å²) in [5.74, 6) is 0.996. The molecule has 0 unspecified atom stereocenters. The first kappa shape index (κ1) is 29.9. The van der Waals surface area contributed by atoms with Crippen LogP contribution in [-0.2, 0) is 17.7 Å². The van der Waals surface area contributed by atoms with Gasteiger partial charge in [0.05, 0.1) is 16.6 Å². The number of esters is 1. The molecule has 0 saturated heterocycles. The van der Waals surface area contributed by atoms with Crippen LogP contribution in [0.3, 0.4) is 0 Å². The lowest BCUT2D eigenvalue weighted by Crippen LogP contribution is -2.24. The van der Waals surface area contributed by atoms with Crippen LogP contribution in [0, 0.1) is 29.6 Å². The van der Waals surface area contributed by atoms with Gasteiger partial charge in [0.2, 0.25) is 0 Å². The number of aromatic nitrogens is 2. The highest BCUT2D eigenvalue weighted by Crippen LogP contribution is 2.29. The molecular formula is C34H36N6O2. The van der Waals surface area contributed by atoms with E-state index < -0.39 is 5.60 Å². The molecule has 3 aromatic carbocycles. The number of rotatable bonds is 9. The summed E-state index contributed by atoms with van der Waals surface area (Å²) in [5, 5.41) is 24.8. The average Bonchev–Trinajstić information content (AvgIpc) is 3.30. The standard InChI is InChI=1S/C34H36N6O2/c1-7-10-30-39-31-22(2)17-26(38-32(37-6)25(19-35)20-36)18-29(31)40(30)21-23-13-15-24(16-14-23)27-11-8-9-12-28(27)33(41)42-34(3,4)5/h8-9,11-18,37-38H,7,10,21H2,1-6H3. The molecule has 0 radical (unpaired) electrons. The van der Waals surface area contributed by atoms with E-state index in [9.17, 15) is 15.3 Å². The number of ether oxygens (including phenoxy) is 1. The molecule has 0 saturated carbocycles. The summed E-state index contributed by atoms with van der Waals surface area (Å²) in [5.41, 5.74) is 6.41. The number of allylic oxidation sites excluding steroid dienone is 1. The quantitative estimate of drug-likeness (QED) is 0.170. The van der Waals surface area contributed by atoms with Crippen LogP contribution in [0.4, 0.5) is 5.69 Å². The predicted molar refractivity (Wildman–Crippen MR) is 166 cm³/mol. The Morgan fingerprint density at radius 1 is 1.05 bits per heavy atom. The molecule has 0 bridgehead atoms. The van der Waals surface area contributed by atoms with Crippen LogP contribution in [0.5, 0.6) is 0 Å². The van der Waals surface area contributed by atoms with Crippen molar-refractivity contribution < 1.29 is 9.53 Å². The van der Waals surface area contributed by atoms with Gasteiger partial charge in [0.1, 0.15) is 29.4 Å². The van der Waals surface area contributed by atoms with Crippen LogP contribution in [0.25, 0.3) is 22.2 Å². The van der Waals surface area contributed by atoms with Crippen molar-refractivity contribution in [3.8, 4) is 23.3 Å². The number of hydrogen-bond acceptors (Lipinski definition) is 7. The van der Waals surface area contributed by atoms with Crippen molar-refractivity contribution in [1.82, 2.24) is 14.9 Å². The molecule has 0 amide bonds. The van der Waals surface area contributed by atoms with E-state index in [0.29, 0.717) is 17.9 Å². The van der Waals surface area contributed by atoms with Crippen molar-refractivity contribution in [1.29, 1.82) is 10.5 Å². The normalized spacial score (nSPS) is 11.0. The van der Waals surface area contributed by atoms with E-state index in [2.05, 4.69) is 34.3 Å². The third-order valence-corrected chi connectivity index (χ3v) is 6.74. The zero-order valence-corrected chi connectivity index (χ0v) is 25.0. The zero-order valence-electron chi connectivity index (χ0n) is 25.0. The fraction of sp³-hybridized carbons (Fsp3) is 0.294. The molecule has 1 heterocycles. The third-order valence-electron chi connectivity index (χ3n) is 6.74. The first-order valence-corrected chi connectivity index (χ1v) is 14.0. The SMILES string of the molecule is CCCc1nc2c(C)cc(NC(NC)=C(C#N)C#N)cc2n1Cc1ccc(-c2ccccc2C(=O)OC(C)(C)C)cc1. The van der Waals surface area contributed by atoms with Crippen molar-refractivity contribution >= 4 is 22.7 Å². The van der Waals surface area contributed by atoms with Gasteiger partial charge in [-0.15, -0.1) is 0 Å². The summed E-state index contributed by atoms with van der Waals surface area (Å²) in [6.45, 7) is 10.3. The first-order valence-electron chi connectivity index (χ1n) is 14.0. The highest BCUT2D eigenvalue weighted by molar-refractivity contribution is 5.97. The third kappa shape index (κ3) is 6.62. The van der Waals surface area contributed by atoms with E-state index in [0.717, 1.165) is 57.6 Å². The largest absolute Gasteiger partial charge is 0.456 e. The second-order valence-corrected chi connectivity index (χ2v) is 11.1. The number of aryl methyl sites for hydroxylation is 2. The minimum Gasteiger partial charge on any atom is -0.456 e. The van der Waals surface area contributed by atoms with Crippen molar-refractivity contribution in [3.63, 3.8) is 0 Å². The second-order valence-electron chi connectivity index (χ2n) is 11.1. The summed E-state index contributed by atoms with van der Waals surface area (Å²) in [7, 11) is 1.67. The Bertz CT molecular complexity index is 1710. The van der Waals surface area contributed by atoms with Gasteiger partial charge in [-0.1, -0.05) is 49.4 Å². The minimum absolute atomic E-state index is 0.0243. The molecule has 0 aliphatic rings. The van der Waals surface area contributed by atoms with Crippen LogP contribution in [0.2, 0.25) is 0 Å². The number of carbonyl (C=O) groups excluding carboxylic acids is 1. The molecule has 1 aromatic heterocycles. The molecule has 42 heavy (non-hydrogen) atoms. The van der Waals surface area contributed by atoms with Crippen LogP contribution in [0.15, 0.2) is 72.1 Å². The number of nitrogens with one attached hydrogen (secondary N) is 2. The van der Waals surface area contributed by atoms with Crippen LogP contribution in [-0.4, -0.2) is 28.2 Å². The van der Waals surface area contributed by atoms with Crippen LogP contribution in [0.1, 0.15) is 61.4 Å².